The zero-order chi connectivity index (χ0) is 45.4. The van der Waals surface area contributed by atoms with Crippen LogP contribution in [-0.4, -0.2) is 6.85 Å². The van der Waals surface area contributed by atoms with Crippen LogP contribution in [0.15, 0.2) is 200 Å². The van der Waals surface area contributed by atoms with E-state index < -0.39 is 0 Å². The van der Waals surface area contributed by atoms with E-state index in [2.05, 4.69) is 238 Å². The molecule has 2 aliphatic heterocycles. The summed E-state index contributed by atoms with van der Waals surface area (Å²) in [7, 11) is 0. The van der Waals surface area contributed by atoms with Crippen LogP contribution in [-0.2, 0) is 5.41 Å². The first-order chi connectivity index (χ1) is 33.2. The van der Waals surface area contributed by atoms with Crippen LogP contribution < -0.4 is 20.6 Å². The molecule has 14 rings (SSSR count). The van der Waals surface area contributed by atoms with Crippen molar-refractivity contribution in [3.63, 3.8) is 0 Å². The predicted octanol–water partition coefficient (Wildman–Crippen LogP) is 17.2. The Morgan fingerprint density at radius 3 is 1.81 bits per heavy atom. The van der Waals surface area contributed by atoms with Gasteiger partial charge in [-0.25, -0.2) is 0 Å². The molecule has 0 saturated heterocycles. The lowest BCUT2D eigenvalue weighted by Crippen LogP contribution is -2.61. The van der Waals surface area contributed by atoms with E-state index in [0.29, 0.717) is 0 Å². The van der Waals surface area contributed by atoms with Gasteiger partial charge in [0.2, 0.25) is 0 Å². The number of hydrogen-bond acceptors (Lipinski definition) is 4. The Morgan fingerprint density at radius 1 is 0.412 bits per heavy atom. The number of hydrogen-bond donors (Lipinski definition) is 0. The third-order valence-corrected chi connectivity index (χ3v) is 16.8. The minimum Gasteiger partial charge on any atom is -0.376 e. The molecule has 0 radical (unpaired) electrons. The Bertz CT molecular complexity index is 4030. The van der Waals surface area contributed by atoms with Crippen LogP contribution in [0.3, 0.4) is 0 Å². The molecule has 0 N–H and O–H groups in total. The van der Waals surface area contributed by atoms with Gasteiger partial charge in [-0.2, -0.15) is 0 Å². The summed E-state index contributed by atoms with van der Waals surface area (Å²) in [5.74, 6) is 0. The van der Waals surface area contributed by atoms with Crippen LogP contribution in [0.2, 0.25) is 0 Å². The van der Waals surface area contributed by atoms with Crippen molar-refractivity contribution in [1.82, 2.24) is 0 Å². The van der Waals surface area contributed by atoms with E-state index in [-0.39, 0.29) is 12.3 Å². The highest BCUT2D eigenvalue weighted by Crippen LogP contribution is 2.52. The molecular formula is C63H45BN2S2. The lowest BCUT2D eigenvalue weighted by Gasteiger charge is -2.46. The molecule has 0 bridgehead atoms. The van der Waals surface area contributed by atoms with Gasteiger partial charge < -0.3 is 9.71 Å². The van der Waals surface area contributed by atoms with Crippen molar-refractivity contribution in [2.24, 2.45) is 0 Å². The van der Waals surface area contributed by atoms with E-state index >= 15 is 0 Å². The number of fused-ring (bicyclic) bond motifs is 11. The molecular weight excluding hydrogens is 860 g/mol. The molecule has 0 amide bonds. The predicted molar refractivity (Wildman–Crippen MR) is 298 cm³/mol. The monoisotopic (exact) mass is 904 g/mol. The maximum Gasteiger partial charge on any atom is 0.333 e. The van der Waals surface area contributed by atoms with Gasteiger partial charge in [-0.3, -0.25) is 0 Å². The maximum absolute atomic E-state index is 2.68. The Balaban J connectivity index is 1.11. The SMILES string of the molecule is Cc1cc2c3c(c1)N(c1ccc(C(C)(C)C)cc1-c1ccccc1)c1cc4c(cc1B3N(c1ccc(-c3ccccc3)cc1)c1cc3c(cc1-2)sc1ccccc13)sc1cc2ccccc2cc14. The van der Waals surface area contributed by atoms with Crippen molar-refractivity contribution in [2.75, 3.05) is 9.71 Å². The van der Waals surface area contributed by atoms with Crippen LogP contribution in [0, 0.1) is 6.92 Å². The highest BCUT2D eigenvalue weighted by Gasteiger charge is 2.46. The quantitative estimate of drug-likeness (QED) is 0.162. The average molecular weight is 905 g/mol. The third kappa shape index (κ3) is 6.02. The first-order valence-electron chi connectivity index (χ1n) is 23.7. The van der Waals surface area contributed by atoms with Gasteiger partial charge in [-0.15, -0.1) is 22.7 Å². The number of benzene rings is 10. The molecule has 10 aromatic carbocycles. The summed E-state index contributed by atoms with van der Waals surface area (Å²) in [4.78, 5) is 5.32. The number of anilines is 5. The summed E-state index contributed by atoms with van der Waals surface area (Å²) < 4.78 is 5.25. The standard InChI is InChI=1S/C63H45BN2S2/c1-38-29-52-48-36-60-50(46-21-13-14-22-58(46)67-60)34-55(48)66(45-26-23-40(24-27-45)39-15-7-5-8-16-39)64-53-37-61-51(49-31-42-19-11-12-20-43(42)32-59(49)68-61)35-56(53)65(57(30-38)62(52)64)54-28-25-44(63(2,3)4)33-47(54)41-17-9-6-10-18-41/h5-37H,1-4H3. The summed E-state index contributed by atoms with van der Waals surface area (Å²) in [6.07, 6.45) is 0. The van der Waals surface area contributed by atoms with E-state index in [4.69, 9.17) is 0 Å². The molecule has 322 valence electrons. The molecule has 0 saturated carbocycles. The van der Waals surface area contributed by atoms with Crippen molar-refractivity contribution in [3.8, 4) is 33.4 Å². The van der Waals surface area contributed by atoms with Gasteiger partial charge in [0.1, 0.15) is 0 Å². The Kier molecular flexibility index (Phi) is 8.63. The van der Waals surface area contributed by atoms with Gasteiger partial charge in [0.25, 0.3) is 0 Å². The van der Waals surface area contributed by atoms with E-state index in [1.807, 2.05) is 22.7 Å². The summed E-state index contributed by atoms with van der Waals surface area (Å²) in [5.41, 5.74) is 18.7. The van der Waals surface area contributed by atoms with E-state index in [1.165, 1.54) is 135 Å². The van der Waals surface area contributed by atoms with Crippen LogP contribution in [0.25, 0.3) is 84.5 Å². The summed E-state index contributed by atoms with van der Waals surface area (Å²) in [6.45, 7) is 9.13. The molecule has 12 aromatic rings. The van der Waals surface area contributed by atoms with Gasteiger partial charge in [-0.1, -0.05) is 148 Å². The van der Waals surface area contributed by atoms with Crippen LogP contribution >= 0.6 is 22.7 Å². The fraction of sp³-hybridized carbons (Fsp3) is 0.0794. The van der Waals surface area contributed by atoms with Gasteiger partial charge in [-0.05, 0) is 140 Å². The summed E-state index contributed by atoms with van der Waals surface area (Å²) in [6, 6.07) is 75.9. The van der Waals surface area contributed by atoms with E-state index in [0.717, 1.165) is 0 Å². The van der Waals surface area contributed by atoms with Gasteiger partial charge in [0, 0.05) is 74.2 Å². The van der Waals surface area contributed by atoms with Gasteiger partial charge >= 0.3 is 6.85 Å². The first-order valence-corrected chi connectivity index (χ1v) is 25.3. The zero-order valence-corrected chi connectivity index (χ0v) is 40.0. The average Bonchev–Trinajstić information content (AvgIpc) is 3.91. The van der Waals surface area contributed by atoms with Crippen LogP contribution in [0.4, 0.5) is 28.4 Å². The molecule has 68 heavy (non-hydrogen) atoms. The van der Waals surface area contributed by atoms with Crippen molar-refractivity contribution >= 4 is 120 Å². The van der Waals surface area contributed by atoms with E-state index in [1.54, 1.807) is 0 Å². The molecule has 2 aromatic heterocycles. The van der Waals surface area contributed by atoms with Gasteiger partial charge in [0.15, 0.2) is 0 Å². The molecule has 0 atom stereocenters. The lowest BCUT2D eigenvalue weighted by molar-refractivity contribution is 0.590. The minimum absolute atomic E-state index is 0.0296. The fourth-order valence-electron chi connectivity index (χ4n) is 11.3. The second kappa shape index (κ2) is 14.8. The first kappa shape index (κ1) is 39.7. The number of aryl methyl sites for hydroxylation is 1. The van der Waals surface area contributed by atoms with Gasteiger partial charge in [0.05, 0.1) is 5.69 Å². The van der Waals surface area contributed by atoms with E-state index in [9.17, 15) is 0 Å². The van der Waals surface area contributed by atoms with Crippen molar-refractivity contribution in [1.29, 1.82) is 0 Å². The molecule has 2 aliphatic rings. The second-order valence-electron chi connectivity index (χ2n) is 19.8. The molecule has 5 heteroatoms. The summed E-state index contributed by atoms with van der Waals surface area (Å²) in [5, 5.41) is 7.77. The van der Waals surface area contributed by atoms with Crippen molar-refractivity contribution < 1.29 is 0 Å². The van der Waals surface area contributed by atoms with Crippen molar-refractivity contribution in [3.05, 3.63) is 211 Å². The molecule has 0 spiro atoms. The highest BCUT2D eigenvalue weighted by molar-refractivity contribution is 7.26. The maximum atomic E-state index is 2.68. The second-order valence-corrected chi connectivity index (χ2v) is 22.0. The normalized spacial score (nSPS) is 13.2. The van der Waals surface area contributed by atoms with Crippen molar-refractivity contribution in [2.45, 2.75) is 33.1 Å². The molecule has 2 nitrogen and oxygen atoms in total. The topological polar surface area (TPSA) is 6.48 Å². The number of rotatable bonds is 4. The molecule has 0 unspecified atom stereocenters. The van der Waals surface area contributed by atoms with Crippen LogP contribution in [0.5, 0.6) is 0 Å². The minimum atomic E-state index is -0.119. The Morgan fingerprint density at radius 2 is 1.03 bits per heavy atom. The largest absolute Gasteiger partial charge is 0.376 e. The fourth-order valence-corrected chi connectivity index (χ4v) is 13.6. The molecule has 0 fully saturated rings. The smallest absolute Gasteiger partial charge is 0.333 e. The van der Waals surface area contributed by atoms with Crippen LogP contribution in [0.1, 0.15) is 31.9 Å². The number of thiophene rings is 2. The summed E-state index contributed by atoms with van der Waals surface area (Å²) >= 11 is 3.82. The zero-order valence-electron chi connectivity index (χ0n) is 38.3. The lowest BCUT2D eigenvalue weighted by atomic mass is 9.43. The molecule has 0 aliphatic carbocycles. The Hall–Kier alpha value is -7.44. The third-order valence-electron chi connectivity index (χ3n) is 14.6. The Labute approximate surface area is 405 Å². The molecule has 4 heterocycles. The highest BCUT2D eigenvalue weighted by atomic mass is 32.1. The number of nitrogens with zero attached hydrogens (tertiary/aromatic N) is 2.